The summed E-state index contributed by atoms with van der Waals surface area (Å²) in [5.74, 6) is 1.95. The summed E-state index contributed by atoms with van der Waals surface area (Å²) in [6, 6.07) is 0. The SMILES string of the molecule is CC(C)CCCCC(CO)C(C)CC(C)(C)C. The van der Waals surface area contributed by atoms with E-state index in [0.29, 0.717) is 23.9 Å². The fourth-order valence-corrected chi connectivity index (χ4v) is 2.65. The molecule has 0 aromatic heterocycles. The van der Waals surface area contributed by atoms with Gasteiger partial charge in [-0.2, -0.15) is 0 Å². The van der Waals surface area contributed by atoms with Crippen LogP contribution >= 0.6 is 0 Å². The minimum absolute atomic E-state index is 0.360. The highest BCUT2D eigenvalue weighted by Crippen LogP contribution is 2.31. The zero-order valence-electron chi connectivity index (χ0n) is 12.9. The van der Waals surface area contributed by atoms with Crippen LogP contribution in [0.1, 0.15) is 73.6 Å². The van der Waals surface area contributed by atoms with Gasteiger partial charge in [0.2, 0.25) is 0 Å². The van der Waals surface area contributed by atoms with E-state index in [2.05, 4.69) is 41.5 Å². The van der Waals surface area contributed by atoms with Gasteiger partial charge in [0.25, 0.3) is 0 Å². The topological polar surface area (TPSA) is 20.2 Å². The molecule has 0 aromatic rings. The molecule has 104 valence electrons. The van der Waals surface area contributed by atoms with Crippen LogP contribution in [0.25, 0.3) is 0 Å². The molecular formula is C16H34O. The van der Waals surface area contributed by atoms with E-state index in [1.165, 1.54) is 32.1 Å². The van der Waals surface area contributed by atoms with Crippen molar-refractivity contribution in [1.82, 2.24) is 0 Å². The third-order valence-corrected chi connectivity index (χ3v) is 3.58. The summed E-state index contributed by atoms with van der Waals surface area (Å²) in [4.78, 5) is 0. The van der Waals surface area contributed by atoms with Gasteiger partial charge in [0.15, 0.2) is 0 Å². The van der Waals surface area contributed by atoms with Crippen LogP contribution in [0.5, 0.6) is 0 Å². The molecule has 0 saturated heterocycles. The van der Waals surface area contributed by atoms with Crippen molar-refractivity contribution in [3.63, 3.8) is 0 Å². The Bertz CT molecular complexity index is 178. The summed E-state index contributed by atoms with van der Waals surface area (Å²) in [6.45, 7) is 14.1. The smallest absolute Gasteiger partial charge is 0.0461 e. The summed E-state index contributed by atoms with van der Waals surface area (Å²) >= 11 is 0. The zero-order valence-corrected chi connectivity index (χ0v) is 12.9. The van der Waals surface area contributed by atoms with Crippen molar-refractivity contribution in [2.24, 2.45) is 23.2 Å². The predicted molar refractivity (Wildman–Crippen MR) is 77.1 cm³/mol. The summed E-state index contributed by atoms with van der Waals surface area (Å²) in [5, 5.41) is 9.50. The van der Waals surface area contributed by atoms with Gasteiger partial charge >= 0.3 is 0 Å². The minimum atomic E-state index is 0.360. The van der Waals surface area contributed by atoms with Crippen LogP contribution < -0.4 is 0 Å². The Morgan fingerprint density at radius 2 is 1.47 bits per heavy atom. The van der Waals surface area contributed by atoms with E-state index in [1.54, 1.807) is 0 Å². The summed E-state index contributed by atoms with van der Waals surface area (Å²) < 4.78 is 0. The molecule has 0 aromatic carbocycles. The molecule has 0 aliphatic rings. The zero-order chi connectivity index (χ0) is 13.5. The van der Waals surface area contributed by atoms with E-state index in [-0.39, 0.29) is 0 Å². The number of hydrogen-bond acceptors (Lipinski definition) is 1. The maximum atomic E-state index is 9.50. The second kappa shape index (κ2) is 8.13. The molecule has 1 nitrogen and oxygen atoms in total. The molecule has 2 unspecified atom stereocenters. The van der Waals surface area contributed by atoms with Gasteiger partial charge in [0.1, 0.15) is 0 Å². The Hall–Kier alpha value is -0.0400. The molecule has 0 spiro atoms. The number of unbranched alkanes of at least 4 members (excludes halogenated alkanes) is 1. The van der Waals surface area contributed by atoms with Crippen molar-refractivity contribution in [2.45, 2.75) is 73.6 Å². The Labute approximate surface area is 109 Å². The van der Waals surface area contributed by atoms with Crippen molar-refractivity contribution in [3.05, 3.63) is 0 Å². The van der Waals surface area contributed by atoms with E-state index in [9.17, 15) is 5.11 Å². The lowest BCUT2D eigenvalue weighted by Crippen LogP contribution is -2.21. The lowest BCUT2D eigenvalue weighted by Gasteiger charge is -2.28. The largest absolute Gasteiger partial charge is 0.396 e. The number of aliphatic hydroxyl groups excluding tert-OH is 1. The Morgan fingerprint density at radius 1 is 0.941 bits per heavy atom. The van der Waals surface area contributed by atoms with E-state index < -0.39 is 0 Å². The fourth-order valence-electron chi connectivity index (χ4n) is 2.65. The molecule has 1 heteroatoms. The Morgan fingerprint density at radius 3 is 1.88 bits per heavy atom. The predicted octanol–water partition coefficient (Wildman–Crippen LogP) is 4.88. The molecule has 0 amide bonds. The van der Waals surface area contributed by atoms with Crippen molar-refractivity contribution in [1.29, 1.82) is 0 Å². The second-order valence-electron chi connectivity index (χ2n) is 7.36. The maximum absolute atomic E-state index is 9.50. The molecular weight excluding hydrogens is 208 g/mol. The molecule has 1 N–H and O–H groups in total. The Kier molecular flexibility index (Phi) is 8.11. The van der Waals surface area contributed by atoms with Crippen molar-refractivity contribution in [2.75, 3.05) is 6.61 Å². The van der Waals surface area contributed by atoms with Gasteiger partial charge in [-0.3, -0.25) is 0 Å². The van der Waals surface area contributed by atoms with E-state index in [0.717, 1.165) is 5.92 Å². The molecule has 0 heterocycles. The van der Waals surface area contributed by atoms with Gasteiger partial charge in [-0.05, 0) is 36.0 Å². The third kappa shape index (κ3) is 9.64. The van der Waals surface area contributed by atoms with E-state index in [1.807, 2.05) is 0 Å². The normalized spacial score (nSPS) is 16.2. The Balaban J connectivity index is 3.89. The number of aliphatic hydroxyl groups is 1. The monoisotopic (exact) mass is 242 g/mol. The summed E-state index contributed by atoms with van der Waals surface area (Å²) in [7, 11) is 0. The van der Waals surface area contributed by atoms with E-state index in [4.69, 9.17) is 0 Å². The average Bonchev–Trinajstić information content (AvgIpc) is 2.14. The molecule has 2 atom stereocenters. The van der Waals surface area contributed by atoms with Gasteiger partial charge in [-0.25, -0.2) is 0 Å². The van der Waals surface area contributed by atoms with Gasteiger partial charge in [0, 0.05) is 6.61 Å². The molecule has 0 saturated carbocycles. The first-order chi connectivity index (χ1) is 7.76. The summed E-state index contributed by atoms with van der Waals surface area (Å²) in [5.41, 5.74) is 0.380. The standard InChI is InChI=1S/C16H34O/c1-13(2)9-7-8-10-15(12-17)14(3)11-16(4,5)6/h13-15,17H,7-12H2,1-6H3. The first-order valence-corrected chi connectivity index (χ1v) is 7.37. The van der Waals surface area contributed by atoms with Crippen molar-refractivity contribution in [3.8, 4) is 0 Å². The highest BCUT2D eigenvalue weighted by atomic mass is 16.3. The van der Waals surface area contributed by atoms with Gasteiger partial charge in [-0.1, -0.05) is 60.8 Å². The molecule has 17 heavy (non-hydrogen) atoms. The van der Waals surface area contributed by atoms with Crippen LogP contribution in [-0.4, -0.2) is 11.7 Å². The lowest BCUT2D eigenvalue weighted by molar-refractivity contribution is 0.141. The molecule has 0 aliphatic carbocycles. The highest BCUT2D eigenvalue weighted by molar-refractivity contribution is 4.72. The molecule has 0 bridgehead atoms. The van der Waals surface area contributed by atoms with Crippen LogP contribution in [-0.2, 0) is 0 Å². The lowest BCUT2D eigenvalue weighted by atomic mass is 9.78. The fraction of sp³-hybridized carbons (Fsp3) is 1.00. The number of hydrogen-bond donors (Lipinski definition) is 1. The average molecular weight is 242 g/mol. The van der Waals surface area contributed by atoms with Crippen molar-refractivity contribution < 1.29 is 5.11 Å². The van der Waals surface area contributed by atoms with E-state index >= 15 is 0 Å². The molecule has 0 aliphatic heterocycles. The molecule has 0 radical (unpaired) electrons. The molecule has 0 fully saturated rings. The van der Waals surface area contributed by atoms with Crippen LogP contribution in [0.4, 0.5) is 0 Å². The van der Waals surface area contributed by atoms with Crippen LogP contribution in [0.15, 0.2) is 0 Å². The van der Waals surface area contributed by atoms with Crippen molar-refractivity contribution >= 4 is 0 Å². The van der Waals surface area contributed by atoms with Gasteiger partial charge in [-0.15, -0.1) is 0 Å². The van der Waals surface area contributed by atoms with Gasteiger partial charge in [0.05, 0.1) is 0 Å². The van der Waals surface area contributed by atoms with Crippen LogP contribution in [0.2, 0.25) is 0 Å². The summed E-state index contributed by atoms with van der Waals surface area (Å²) in [6.07, 6.45) is 6.32. The molecule has 0 rings (SSSR count). The third-order valence-electron chi connectivity index (χ3n) is 3.58. The minimum Gasteiger partial charge on any atom is -0.396 e. The quantitative estimate of drug-likeness (QED) is 0.601. The first-order valence-electron chi connectivity index (χ1n) is 7.37. The number of rotatable bonds is 8. The maximum Gasteiger partial charge on any atom is 0.0461 e. The van der Waals surface area contributed by atoms with Crippen LogP contribution in [0.3, 0.4) is 0 Å². The van der Waals surface area contributed by atoms with Gasteiger partial charge < -0.3 is 5.11 Å². The first kappa shape index (κ1) is 17.0. The highest BCUT2D eigenvalue weighted by Gasteiger charge is 2.22. The van der Waals surface area contributed by atoms with Crippen LogP contribution in [0, 0.1) is 23.2 Å². The second-order valence-corrected chi connectivity index (χ2v) is 7.36.